The lowest BCUT2D eigenvalue weighted by Crippen LogP contribution is -2.51. The van der Waals surface area contributed by atoms with Crippen LogP contribution < -0.4 is 4.74 Å². The quantitative estimate of drug-likeness (QED) is 0.369. The van der Waals surface area contributed by atoms with Crippen molar-refractivity contribution in [3.8, 4) is 5.75 Å². The smallest absolute Gasteiger partial charge is 0.273 e. The van der Waals surface area contributed by atoms with Crippen LogP contribution in [0.15, 0.2) is 60.0 Å². The second-order valence-electron chi connectivity index (χ2n) is 9.68. The summed E-state index contributed by atoms with van der Waals surface area (Å²) < 4.78 is 5.99. The van der Waals surface area contributed by atoms with E-state index in [4.69, 9.17) is 21.3 Å². The molecule has 2 heterocycles. The fraction of sp³-hybridized carbons (Fsp3) is 0.393. The fourth-order valence-corrected chi connectivity index (χ4v) is 5.58. The third-order valence-electron chi connectivity index (χ3n) is 6.77. The van der Waals surface area contributed by atoms with Crippen LogP contribution in [0.2, 0.25) is 5.02 Å². The molecule has 1 unspecified atom stereocenters. The molecule has 8 heteroatoms. The Balaban J connectivity index is 1.35. The third-order valence-corrected chi connectivity index (χ3v) is 8.09. The van der Waals surface area contributed by atoms with Crippen LogP contribution in [0, 0.1) is 0 Å². The highest BCUT2D eigenvalue weighted by Crippen LogP contribution is 2.33. The number of para-hydroxylation sites is 1. The number of carbonyl (C=O) groups excluding carboxylic acids is 2. The number of ether oxygens (including phenoxy) is 1. The van der Waals surface area contributed by atoms with Gasteiger partial charge in [0.1, 0.15) is 11.4 Å². The highest BCUT2D eigenvalue weighted by Gasteiger charge is 2.37. The van der Waals surface area contributed by atoms with Gasteiger partial charge in [-0.15, -0.1) is 11.3 Å². The second-order valence-corrected chi connectivity index (χ2v) is 11.0. The van der Waals surface area contributed by atoms with Crippen molar-refractivity contribution in [2.75, 3.05) is 20.1 Å². The molecule has 6 nitrogen and oxygen atoms in total. The molecule has 1 fully saturated rings. The summed E-state index contributed by atoms with van der Waals surface area (Å²) in [6.07, 6.45) is 1.59. The molecule has 1 aliphatic heterocycles. The Bertz CT molecular complexity index is 1210. The highest BCUT2D eigenvalue weighted by atomic mass is 35.5. The molecule has 190 valence electrons. The number of hydrogen-bond donors (Lipinski definition) is 0. The van der Waals surface area contributed by atoms with Gasteiger partial charge in [0.2, 0.25) is 0 Å². The minimum absolute atomic E-state index is 0.0468. The number of carbonyl (C=O) groups is 2. The molecule has 1 aromatic heterocycles. The van der Waals surface area contributed by atoms with Crippen LogP contribution in [-0.2, 0) is 4.79 Å². The van der Waals surface area contributed by atoms with Gasteiger partial charge in [-0.1, -0.05) is 54.1 Å². The third kappa shape index (κ3) is 5.73. The number of thiazole rings is 1. The standard InChI is InChI=1S/C28H32ClN3O3S/c1-19(20-10-6-5-7-11-20)31(4)26(33)23-18-36-25(30-23)21-14-16-32(17-15-21)27(34)28(2,3)35-24-13-9-8-12-22(24)29/h5-13,18-19,21H,14-17H2,1-4H3. The molecule has 1 aliphatic rings. The van der Waals surface area contributed by atoms with Gasteiger partial charge in [-0.2, -0.15) is 0 Å². The molecule has 0 bridgehead atoms. The molecule has 1 saturated heterocycles. The SMILES string of the molecule is CC(c1ccccc1)N(C)C(=O)c1csc(C2CCN(C(=O)C(C)(C)Oc3ccccc3Cl)CC2)n1. The van der Waals surface area contributed by atoms with Crippen molar-refractivity contribution in [1.82, 2.24) is 14.8 Å². The van der Waals surface area contributed by atoms with Crippen molar-refractivity contribution >= 4 is 34.8 Å². The van der Waals surface area contributed by atoms with E-state index in [9.17, 15) is 9.59 Å². The Hall–Kier alpha value is -2.90. The second kappa shape index (κ2) is 11.0. The normalized spacial score (nSPS) is 15.4. The molecule has 4 rings (SSSR count). The summed E-state index contributed by atoms with van der Waals surface area (Å²) in [5.74, 6) is 0.580. The predicted molar refractivity (Wildman–Crippen MR) is 144 cm³/mol. The summed E-state index contributed by atoms with van der Waals surface area (Å²) in [7, 11) is 1.82. The van der Waals surface area contributed by atoms with Crippen LogP contribution in [0.5, 0.6) is 5.75 Å². The molecular formula is C28H32ClN3O3S. The van der Waals surface area contributed by atoms with E-state index in [-0.39, 0.29) is 23.8 Å². The maximum atomic E-state index is 13.2. The zero-order valence-corrected chi connectivity index (χ0v) is 22.7. The van der Waals surface area contributed by atoms with Crippen molar-refractivity contribution in [2.45, 2.75) is 51.2 Å². The number of aromatic nitrogens is 1. The minimum atomic E-state index is -1.03. The maximum absolute atomic E-state index is 13.2. The van der Waals surface area contributed by atoms with Gasteiger partial charge < -0.3 is 14.5 Å². The molecular weight excluding hydrogens is 494 g/mol. The maximum Gasteiger partial charge on any atom is 0.273 e. The van der Waals surface area contributed by atoms with Crippen LogP contribution in [0.25, 0.3) is 0 Å². The summed E-state index contributed by atoms with van der Waals surface area (Å²) in [5, 5.41) is 3.29. The Morgan fingerprint density at radius 1 is 1.11 bits per heavy atom. The first kappa shape index (κ1) is 26.2. The van der Waals surface area contributed by atoms with Crippen molar-refractivity contribution in [3.63, 3.8) is 0 Å². The average molecular weight is 526 g/mol. The van der Waals surface area contributed by atoms with E-state index in [2.05, 4.69) is 0 Å². The number of hydrogen-bond acceptors (Lipinski definition) is 5. The van der Waals surface area contributed by atoms with E-state index in [1.54, 1.807) is 30.9 Å². The van der Waals surface area contributed by atoms with E-state index in [1.807, 2.05) is 66.7 Å². The molecule has 3 aromatic rings. The number of rotatable bonds is 7. The Morgan fingerprint density at radius 2 is 1.75 bits per heavy atom. The summed E-state index contributed by atoms with van der Waals surface area (Å²) in [6, 6.07) is 17.1. The van der Waals surface area contributed by atoms with Crippen LogP contribution in [0.1, 0.15) is 66.6 Å². The van der Waals surface area contributed by atoms with Gasteiger partial charge in [-0.05, 0) is 51.3 Å². The van der Waals surface area contributed by atoms with Gasteiger partial charge >= 0.3 is 0 Å². The van der Waals surface area contributed by atoms with Gasteiger partial charge in [-0.3, -0.25) is 9.59 Å². The molecule has 0 N–H and O–H groups in total. The zero-order chi connectivity index (χ0) is 25.9. The first-order valence-electron chi connectivity index (χ1n) is 12.2. The first-order valence-corrected chi connectivity index (χ1v) is 13.4. The number of halogens is 1. The van der Waals surface area contributed by atoms with Crippen LogP contribution in [-0.4, -0.2) is 52.3 Å². The number of benzene rings is 2. The average Bonchev–Trinajstić information content (AvgIpc) is 3.39. The number of nitrogens with zero attached hydrogens (tertiary/aromatic N) is 3. The van der Waals surface area contributed by atoms with Crippen molar-refractivity contribution in [2.24, 2.45) is 0 Å². The van der Waals surface area contributed by atoms with Gasteiger partial charge in [0.05, 0.1) is 16.1 Å². The van der Waals surface area contributed by atoms with Crippen LogP contribution in [0.4, 0.5) is 0 Å². The molecule has 0 radical (unpaired) electrons. The molecule has 36 heavy (non-hydrogen) atoms. The monoisotopic (exact) mass is 525 g/mol. The predicted octanol–water partition coefficient (Wildman–Crippen LogP) is 6.19. The van der Waals surface area contributed by atoms with E-state index >= 15 is 0 Å². The summed E-state index contributed by atoms with van der Waals surface area (Å²) in [5.41, 5.74) is 0.536. The number of piperidine rings is 1. The lowest BCUT2D eigenvalue weighted by molar-refractivity contribution is -0.146. The Labute approximate surface area is 221 Å². The van der Waals surface area contributed by atoms with Gasteiger partial charge in [-0.25, -0.2) is 4.98 Å². The first-order chi connectivity index (χ1) is 17.2. The highest BCUT2D eigenvalue weighted by molar-refractivity contribution is 7.09. The van der Waals surface area contributed by atoms with Gasteiger partial charge in [0.15, 0.2) is 5.60 Å². The molecule has 0 spiro atoms. The largest absolute Gasteiger partial charge is 0.476 e. The minimum Gasteiger partial charge on any atom is -0.476 e. The summed E-state index contributed by atoms with van der Waals surface area (Å²) in [6.45, 7) is 6.80. The van der Waals surface area contributed by atoms with E-state index < -0.39 is 5.60 Å². The van der Waals surface area contributed by atoms with Gasteiger partial charge in [0, 0.05) is 31.4 Å². The van der Waals surface area contributed by atoms with Crippen LogP contribution in [0.3, 0.4) is 0 Å². The van der Waals surface area contributed by atoms with E-state index in [0.717, 1.165) is 23.4 Å². The lowest BCUT2D eigenvalue weighted by Gasteiger charge is -2.36. The molecule has 0 aliphatic carbocycles. The fourth-order valence-electron chi connectivity index (χ4n) is 4.44. The van der Waals surface area contributed by atoms with Crippen molar-refractivity contribution in [3.05, 3.63) is 81.3 Å². The topological polar surface area (TPSA) is 62.7 Å². The lowest BCUT2D eigenvalue weighted by atomic mass is 9.96. The van der Waals surface area contributed by atoms with Crippen molar-refractivity contribution < 1.29 is 14.3 Å². The van der Waals surface area contributed by atoms with Crippen LogP contribution >= 0.6 is 22.9 Å². The molecule has 2 aromatic carbocycles. The zero-order valence-electron chi connectivity index (χ0n) is 21.1. The molecule has 1 atom stereocenters. The van der Waals surface area contributed by atoms with Crippen molar-refractivity contribution in [1.29, 1.82) is 0 Å². The van der Waals surface area contributed by atoms with E-state index in [1.165, 1.54) is 11.3 Å². The number of likely N-dealkylation sites (tertiary alicyclic amines) is 1. The number of amides is 2. The molecule has 0 saturated carbocycles. The Morgan fingerprint density at radius 3 is 2.42 bits per heavy atom. The molecule has 2 amide bonds. The van der Waals surface area contributed by atoms with E-state index in [0.29, 0.717) is 29.6 Å². The Kier molecular flexibility index (Phi) is 8.00. The summed E-state index contributed by atoms with van der Waals surface area (Å²) >= 11 is 7.74. The summed E-state index contributed by atoms with van der Waals surface area (Å²) in [4.78, 5) is 34.6. The van der Waals surface area contributed by atoms with Gasteiger partial charge in [0.25, 0.3) is 11.8 Å².